The number of amides is 1. The standard InChI is InChI=1S/C22H25BrN2OS/c23-21-10-8-20(9-11-21)17-27-18-22(26)25-15-13-24(14-16-25)12-4-7-19-5-2-1-3-6-19/h1-11H,12-18H2/b7-4+. The molecule has 1 saturated heterocycles. The van der Waals surface area contributed by atoms with Gasteiger partial charge in [-0.05, 0) is 23.3 Å². The average Bonchev–Trinajstić information content (AvgIpc) is 2.71. The van der Waals surface area contributed by atoms with Crippen LogP contribution in [-0.2, 0) is 10.5 Å². The van der Waals surface area contributed by atoms with E-state index in [-0.39, 0.29) is 5.91 Å². The van der Waals surface area contributed by atoms with E-state index in [2.05, 4.69) is 69.4 Å². The minimum atomic E-state index is 0.261. The van der Waals surface area contributed by atoms with E-state index in [0.717, 1.165) is 42.9 Å². The Morgan fingerprint density at radius 1 is 1.00 bits per heavy atom. The molecule has 0 bridgehead atoms. The molecule has 0 atom stereocenters. The molecule has 2 aromatic rings. The third-order valence-corrected chi connectivity index (χ3v) is 6.12. The molecule has 27 heavy (non-hydrogen) atoms. The van der Waals surface area contributed by atoms with Gasteiger partial charge in [-0.3, -0.25) is 9.69 Å². The number of carbonyl (C=O) groups is 1. The number of nitrogens with zero attached hydrogens (tertiary/aromatic N) is 2. The van der Waals surface area contributed by atoms with E-state index >= 15 is 0 Å². The Kier molecular flexibility index (Phi) is 7.99. The van der Waals surface area contributed by atoms with Crippen molar-refractivity contribution in [2.24, 2.45) is 0 Å². The van der Waals surface area contributed by atoms with Gasteiger partial charge in [-0.15, -0.1) is 11.8 Å². The van der Waals surface area contributed by atoms with Gasteiger partial charge in [0.2, 0.25) is 5.91 Å². The Morgan fingerprint density at radius 2 is 1.70 bits per heavy atom. The second-order valence-corrected chi connectivity index (χ2v) is 8.51. The molecule has 2 aromatic carbocycles. The van der Waals surface area contributed by atoms with Gasteiger partial charge in [-0.2, -0.15) is 0 Å². The van der Waals surface area contributed by atoms with E-state index in [1.807, 2.05) is 23.1 Å². The molecular weight excluding hydrogens is 420 g/mol. The lowest BCUT2D eigenvalue weighted by molar-refractivity contribution is -0.129. The third-order valence-electron chi connectivity index (χ3n) is 4.61. The zero-order valence-electron chi connectivity index (χ0n) is 15.4. The van der Waals surface area contributed by atoms with E-state index in [1.54, 1.807) is 11.8 Å². The second kappa shape index (κ2) is 10.7. The first-order valence-electron chi connectivity index (χ1n) is 9.24. The SMILES string of the molecule is O=C(CSCc1ccc(Br)cc1)N1CCN(C/C=C/c2ccccc2)CC1. The van der Waals surface area contributed by atoms with Crippen molar-refractivity contribution < 1.29 is 4.79 Å². The molecule has 1 aliphatic rings. The van der Waals surface area contributed by atoms with Gasteiger partial charge < -0.3 is 4.90 Å². The van der Waals surface area contributed by atoms with Crippen molar-refractivity contribution in [2.45, 2.75) is 5.75 Å². The van der Waals surface area contributed by atoms with Crippen LogP contribution in [-0.4, -0.2) is 54.2 Å². The minimum Gasteiger partial charge on any atom is -0.339 e. The fourth-order valence-electron chi connectivity index (χ4n) is 3.01. The maximum absolute atomic E-state index is 12.4. The van der Waals surface area contributed by atoms with Crippen LogP contribution >= 0.6 is 27.7 Å². The summed E-state index contributed by atoms with van der Waals surface area (Å²) in [5.74, 6) is 1.70. The van der Waals surface area contributed by atoms with Gasteiger partial charge in [-0.1, -0.05) is 70.5 Å². The summed E-state index contributed by atoms with van der Waals surface area (Å²) in [6.45, 7) is 4.49. The predicted octanol–water partition coefficient (Wildman–Crippen LogP) is 4.54. The second-order valence-electron chi connectivity index (χ2n) is 6.61. The number of hydrogen-bond acceptors (Lipinski definition) is 3. The summed E-state index contributed by atoms with van der Waals surface area (Å²) in [6, 6.07) is 18.7. The van der Waals surface area contributed by atoms with Crippen LogP contribution < -0.4 is 0 Å². The summed E-state index contributed by atoms with van der Waals surface area (Å²) in [4.78, 5) is 16.8. The summed E-state index contributed by atoms with van der Waals surface area (Å²) in [5, 5.41) is 0. The number of thioether (sulfide) groups is 1. The van der Waals surface area contributed by atoms with Crippen molar-refractivity contribution in [1.29, 1.82) is 0 Å². The highest BCUT2D eigenvalue weighted by atomic mass is 79.9. The van der Waals surface area contributed by atoms with Gasteiger partial charge in [0.05, 0.1) is 5.75 Å². The summed E-state index contributed by atoms with van der Waals surface area (Å²) >= 11 is 5.14. The zero-order valence-corrected chi connectivity index (χ0v) is 17.8. The van der Waals surface area contributed by atoms with Crippen molar-refractivity contribution in [2.75, 3.05) is 38.5 Å². The molecule has 0 aliphatic carbocycles. The van der Waals surface area contributed by atoms with Gasteiger partial charge in [0.1, 0.15) is 0 Å². The molecule has 1 fully saturated rings. The van der Waals surface area contributed by atoms with E-state index in [0.29, 0.717) is 5.75 Å². The molecular formula is C22H25BrN2OS. The summed E-state index contributed by atoms with van der Waals surface area (Å²) in [6.07, 6.45) is 4.37. The Balaban J connectivity index is 1.34. The van der Waals surface area contributed by atoms with Crippen LogP contribution in [0, 0.1) is 0 Å². The van der Waals surface area contributed by atoms with Crippen LogP contribution in [0.3, 0.4) is 0 Å². The van der Waals surface area contributed by atoms with Crippen molar-refractivity contribution >= 4 is 39.7 Å². The molecule has 1 amide bonds. The third kappa shape index (κ3) is 6.83. The van der Waals surface area contributed by atoms with Gasteiger partial charge in [0.15, 0.2) is 0 Å². The van der Waals surface area contributed by atoms with Crippen molar-refractivity contribution in [3.8, 4) is 0 Å². The van der Waals surface area contributed by atoms with Gasteiger partial charge in [-0.25, -0.2) is 0 Å². The highest BCUT2D eigenvalue weighted by Crippen LogP contribution is 2.16. The molecule has 1 heterocycles. The van der Waals surface area contributed by atoms with Crippen molar-refractivity contribution in [1.82, 2.24) is 9.80 Å². The number of piperazine rings is 1. The van der Waals surface area contributed by atoms with E-state index in [9.17, 15) is 4.79 Å². The lowest BCUT2D eigenvalue weighted by Crippen LogP contribution is -2.49. The summed E-state index contributed by atoms with van der Waals surface area (Å²) < 4.78 is 1.09. The molecule has 0 aromatic heterocycles. The number of halogens is 1. The molecule has 0 spiro atoms. The maximum atomic E-state index is 12.4. The lowest BCUT2D eigenvalue weighted by Gasteiger charge is -2.34. The number of benzene rings is 2. The van der Waals surface area contributed by atoms with Crippen molar-refractivity contribution in [3.63, 3.8) is 0 Å². The smallest absolute Gasteiger partial charge is 0.232 e. The fourth-order valence-corrected chi connectivity index (χ4v) is 4.16. The lowest BCUT2D eigenvalue weighted by atomic mass is 10.2. The normalized spacial score (nSPS) is 15.4. The predicted molar refractivity (Wildman–Crippen MR) is 119 cm³/mol. The minimum absolute atomic E-state index is 0.261. The number of rotatable bonds is 7. The largest absolute Gasteiger partial charge is 0.339 e. The first-order valence-corrected chi connectivity index (χ1v) is 11.2. The van der Waals surface area contributed by atoms with Crippen LogP contribution in [0.2, 0.25) is 0 Å². The molecule has 0 saturated carbocycles. The van der Waals surface area contributed by atoms with Gasteiger partial charge in [0.25, 0.3) is 0 Å². The van der Waals surface area contributed by atoms with E-state index in [4.69, 9.17) is 0 Å². The number of hydrogen-bond donors (Lipinski definition) is 0. The van der Waals surface area contributed by atoms with Crippen LogP contribution in [0.4, 0.5) is 0 Å². The summed E-state index contributed by atoms with van der Waals surface area (Å²) in [5.41, 5.74) is 2.49. The van der Waals surface area contributed by atoms with Gasteiger partial charge in [0, 0.05) is 42.9 Å². The molecule has 0 radical (unpaired) electrons. The Morgan fingerprint density at radius 3 is 2.41 bits per heavy atom. The molecule has 0 unspecified atom stereocenters. The van der Waals surface area contributed by atoms with Crippen LogP contribution in [0.15, 0.2) is 65.1 Å². The zero-order chi connectivity index (χ0) is 18.9. The van der Waals surface area contributed by atoms with Crippen LogP contribution in [0.5, 0.6) is 0 Å². The van der Waals surface area contributed by atoms with E-state index in [1.165, 1.54) is 11.1 Å². The first kappa shape index (κ1) is 20.2. The summed E-state index contributed by atoms with van der Waals surface area (Å²) in [7, 11) is 0. The monoisotopic (exact) mass is 444 g/mol. The Hall–Kier alpha value is -1.56. The average molecular weight is 445 g/mol. The van der Waals surface area contributed by atoms with Crippen LogP contribution in [0.25, 0.3) is 6.08 Å². The molecule has 5 heteroatoms. The molecule has 0 N–H and O–H groups in total. The highest BCUT2D eigenvalue weighted by Gasteiger charge is 2.20. The quantitative estimate of drug-likeness (QED) is 0.625. The Bertz CT molecular complexity index is 741. The highest BCUT2D eigenvalue weighted by molar-refractivity contribution is 9.10. The Labute approximate surface area is 174 Å². The van der Waals surface area contributed by atoms with Crippen molar-refractivity contribution in [3.05, 3.63) is 76.3 Å². The number of carbonyl (C=O) groups excluding carboxylic acids is 1. The van der Waals surface area contributed by atoms with E-state index < -0.39 is 0 Å². The topological polar surface area (TPSA) is 23.6 Å². The maximum Gasteiger partial charge on any atom is 0.232 e. The molecule has 142 valence electrons. The molecule has 3 rings (SSSR count). The first-order chi connectivity index (χ1) is 13.2. The van der Waals surface area contributed by atoms with Crippen LogP contribution in [0.1, 0.15) is 11.1 Å². The van der Waals surface area contributed by atoms with Gasteiger partial charge >= 0.3 is 0 Å². The molecule has 1 aliphatic heterocycles. The molecule has 3 nitrogen and oxygen atoms in total. The fraction of sp³-hybridized carbons (Fsp3) is 0.318.